The Morgan fingerprint density at radius 1 is 0.900 bits per heavy atom. The molecule has 30 heavy (non-hydrogen) atoms. The summed E-state index contributed by atoms with van der Waals surface area (Å²) in [6, 6.07) is 17.6. The summed E-state index contributed by atoms with van der Waals surface area (Å²) < 4.78 is 0. The molecule has 0 spiro atoms. The normalized spacial score (nSPS) is 17.5. The number of piperidine rings is 1. The Morgan fingerprint density at radius 3 is 2.40 bits per heavy atom. The van der Waals surface area contributed by atoms with Gasteiger partial charge in [0, 0.05) is 23.0 Å². The number of aromatic amines is 1. The molecule has 1 saturated heterocycles. The zero-order valence-electron chi connectivity index (χ0n) is 17.5. The SMILES string of the molecule is Cl.O=c1[nH]c2ccc(CN3CCC(Cc4ccccc4)CC3)cc2c2c1CCCC2. The van der Waals surface area contributed by atoms with Crippen LogP contribution in [0.3, 0.4) is 0 Å². The maximum absolute atomic E-state index is 12.4. The van der Waals surface area contributed by atoms with Crippen LogP contribution in [0.5, 0.6) is 0 Å². The van der Waals surface area contributed by atoms with E-state index in [0.717, 1.165) is 42.8 Å². The van der Waals surface area contributed by atoms with Gasteiger partial charge in [-0.05, 0) is 92.8 Å². The number of aromatic nitrogens is 1. The second-order valence-corrected chi connectivity index (χ2v) is 8.91. The third kappa shape index (κ3) is 4.48. The van der Waals surface area contributed by atoms with Crippen molar-refractivity contribution >= 4 is 23.3 Å². The van der Waals surface area contributed by atoms with E-state index in [9.17, 15) is 4.79 Å². The second kappa shape index (κ2) is 9.36. The molecule has 3 nitrogen and oxygen atoms in total. The summed E-state index contributed by atoms with van der Waals surface area (Å²) in [4.78, 5) is 18.1. The molecule has 2 heterocycles. The first-order chi connectivity index (χ1) is 14.3. The van der Waals surface area contributed by atoms with Crippen LogP contribution in [0.1, 0.15) is 47.9 Å². The summed E-state index contributed by atoms with van der Waals surface area (Å²) in [5, 5.41) is 1.27. The van der Waals surface area contributed by atoms with E-state index in [1.54, 1.807) is 0 Å². The number of likely N-dealkylation sites (tertiary alicyclic amines) is 1. The van der Waals surface area contributed by atoms with Crippen LogP contribution in [0.4, 0.5) is 0 Å². The summed E-state index contributed by atoms with van der Waals surface area (Å²) >= 11 is 0. The standard InChI is InChI=1S/C26H30N2O.ClH/c29-26-23-9-5-4-8-22(23)24-17-21(10-11-25(24)27-26)18-28-14-12-20(13-15-28)16-19-6-2-1-3-7-19;/h1-3,6-7,10-11,17,20H,4-5,8-9,12-16,18H2,(H,27,29);1H. The molecular weight excluding hydrogens is 392 g/mol. The van der Waals surface area contributed by atoms with Gasteiger partial charge in [-0.15, -0.1) is 12.4 Å². The Bertz CT molecular complexity index is 1050. The van der Waals surface area contributed by atoms with Gasteiger partial charge in [-0.1, -0.05) is 36.4 Å². The average molecular weight is 423 g/mol. The number of benzene rings is 2. The van der Waals surface area contributed by atoms with Crippen molar-refractivity contribution in [2.75, 3.05) is 13.1 Å². The Morgan fingerprint density at radius 2 is 1.63 bits per heavy atom. The van der Waals surface area contributed by atoms with Gasteiger partial charge in [0.25, 0.3) is 5.56 Å². The molecule has 1 N–H and O–H groups in total. The smallest absolute Gasteiger partial charge is 0.251 e. The van der Waals surface area contributed by atoms with Crippen molar-refractivity contribution < 1.29 is 0 Å². The molecule has 0 bridgehead atoms. The molecule has 1 aliphatic heterocycles. The Labute approximate surface area is 184 Å². The maximum atomic E-state index is 12.4. The second-order valence-electron chi connectivity index (χ2n) is 8.91. The van der Waals surface area contributed by atoms with Crippen molar-refractivity contribution in [1.29, 1.82) is 0 Å². The van der Waals surface area contributed by atoms with E-state index in [2.05, 4.69) is 58.4 Å². The van der Waals surface area contributed by atoms with E-state index >= 15 is 0 Å². The van der Waals surface area contributed by atoms with Crippen LogP contribution in [-0.4, -0.2) is 23.0 Å². The van der Waals surface area contributed by atoms with Gasteiger partial charge in [0.2, 0.25) is 0 Å². The minimum atomic E-state index is 0. The number of fused-ring (bicyclic) bond motifs is 3. The third-order valence-electron chi connectivity index (χ3n) is 6.88. The molecule has 3 aromatic rings. The molecule has 4 heteroatoms. The van der Waals surface area contributed by atoms with Gasteiger partial charge in [0.05, 0.1) is 0 Å². The quantitative estimate of drug-likeness (QED) is 0.620. The van der Waals surface area contributed by atoms with Crippen LogP contribution < -0.4 is 5.56 Å². The lowest BCUT2D eigenvalue weighted by Gasteiger charge is -2.32. The molecule has 2 aromatic carbocycles. The number of nitrogens with one attached hydrogen (secondary N) is 1. The van der Waals surface area contributed by atoms with E-state index in [1.807, 2.05) is 0 Å². The van der Waals surface area contributed by atoms with Crippen molar-refractivity contribution in [3.63, 3.8) is 0 Å². The van der Waals surface area contributed by atoms with E-state index in [-0.39, 0.29) is 18.0 Å². The lowest BCUT2D eigenvalue weighted by atomic mass is 9.89. The van der Waals surface area contributed by atoms with Gasteiger partial charge in [-0.2, -0.15) is 0 Å². The fourth-order valence-corrected chi connectivity index (χ4v) is 5.25. The molecule has 158 valence electrons. The highest BCUT2D eigenvalue weighted by molar-refractivity contribution is 5.85. The summed E-state index contributed by atoms with van der Waals surface area (Å²) in [6.07, 6.45) is 8.09. The number of aryl methyl sites for hydroxylation is 1. The highest BCUT2D eigenvalue weighted by Crippen LogP contribution is 2.28. The predicted octanol–water partition coefficient (Wildman–Crippen LogP) is 5.28. The molecule has 0 amide bonds. The van der Waals surface area contributed by atoms with Gasteiger partial charge in [-0.3, -0.25) is 9.69 Å². The Hall–Kier alpha value is -2.10. The van der Waals surface area contributed by atoms with E-state index in [0.29, 0.717) is 0 Å². The largest absolute Gasteiger partial charge is 0.322 e. The Balaban J connectivity index is 0.00000218. The first kappa shape index (κ1) is 21.1. The van der Waals surface area contributed by atoms with Gasteiger partial charge in [0.15, 0.2) is 0 Å². The molecule has 5 rings (SSSR count). The molecule has 1 aromatic heterocycles. The van der Waals surface area contributed by atoms with Gasteiger partial charge < -0.3 is 4.98 Å². The summed E-state index contributed by atoms with van der Waals surface area (Å²) in [5.74, 6) is 0.808. The number of H-pyrrole nitrogens is 1. The first-order valence-electron chi connectivity index (χ1n) is 11.2. The van der Waals surface area contributed by atoms with Crippen LogP contribution in [0.15, 0.2) is 53.3 Å². The number of hydrogen-bond acceptors (Lipinski definition) is 2. The van der Waals surface area contributed by atoms with Crippen molar-refractivity contribution in [2.45, 2.75) is 51.5 Å². The zero-order valence-corrected chi connectivity index (χ0v) is 18.3. The maximum Gasteiger partial charge on any atom is 0.251 e. The van der Waals surface area contributed by atoms with Crippen molar-refractivity contribution in [3.05, 3.63) is 81.1 Å². The highest BCUT2D eigenvalue weighted by Gasteiger charge is 2.20. The van der Waals surface area contributed by atoms with Crippen molar-refractivity contribution in [3.8, 4) is 0 Å². The summed E-state index contributed by atoms with van der Waals surface area (Å²) in [6.45, 7) is 3.38. The minimum Gasteiger partial charge on any atom is -0.322 e. The molecule has 0 atom stereocenters. The monoisotopic (exact) mass is 422 g/mol. The zero-order chi connectivity index (χ0) is 19.6. The number of hydrogen-bond donors (Lipinski definition) is 1. The minimum absolute atomic E-state index is 0. The van der Waals surface area contributed by atoms with Crippen LogP contribution in [0, 0.1) is 5.92 Å². The molecule has 0 unspecified atom stereocenters. The van der Waals surface area contributed by atoms with Crippen LogP contribution in [0.25, 0.3) is 10.9 Å². The topological polar surface area (TPSA) is 36.1 Å². The molecule has 0 saturated carbocycles. The predicted molar refractivity (Wildman–Crippen MR) is 127 cm³/mol. The molecule has 1 fully saturated rings. The van der Waals surface area contributed by atoms with Crippen molar-refractivity contribution in [2.24, 2.45) is 5.92 Å². The lowest BCUT2D eigenvalue weighted by molar-refractivity contribution is 0.177. The lowest BCUT2D eigenvalue weighted by Crippen LogP contribution is -2.33. The van der Waals surface area contributed by atoms with Crippen LogP contribution >= 0.6 is 12.4 Å². The van der Waals surface area contributed by atoms with Gasteiger partial charge >= 0.3 is 0 Å². The molecular formula is C26H31ClN2O. The Kier molecular flexibility index (Phi) is 6.60. The molecule has 2 aliphatic rings. The molecule has 0 radical (unpaired) electrons. The fourth-order valence-electron chi connectivity index (χ4n) is 5.25. The van der Waals surface area contributed by atoms with E-state index in [1.165, 1.54) is 60.8 Å². The summed E-state index contributed by atoms with van der Waals surface area (Å²) in [7, 11) is 0. The molecule has 1 aliphatic carbocycles. The highest BCUT2D eigenvalue weighted by atomic mass is 35.5. The number of halogens is 1. The third-order valence-corrected chi connectivity index (χ3v) is 6.88. The number of nitrogens with zero attached hydrogens (tertiary/aromatic N) is 1. The van der Waals surface area contributed by atoms with Crippen LogP contribution in [-0.2, 0) is 25.8 Å². The van der Waals surface area contributed by atoms with Crippen molar-refractivity contribution in [1.82, 2.24) is 9.88 Å². The average Bonchev–Trinajstić information content (AvgIpc) is 2.77. The summed E-state index contributed by atoms with van der Waals surface area (Å²) in [5.41, 5.74) is 6.31. The fraction of sp³-hybridized carbons (Fsp3) is 0.423. The van der Waals surface area contributed by atoms with Crippen LogP contribution in [0.2, 0.25) is 0 Å². The number of pyridine rings is 1. The first-order valence-corrected chi connectivity index (χ1v) is 11.2. The number of rotatable bonds is 4. The van der Waals surface area contributed by atoms with E-state index in [4.69, 9.17) is 0 Å². The van der Waals surface area contributed by atoms with E-state index < -0.39 is 0 Å². The van der Waals surface area contributed by atoms with Gasteiger partial charge in [0.1, 0.15) is 0 Å². The van der Waals surface area contributed by atoms with Gasteiger partial charge in [-0.25, -0.2) is 0 Å².